The topological polar surface area (TPSA) is 74.6 Å². The van der Waals surface area contributed by atoms with E-state index in [0.717, 1.165) is 25.7 Å². The van der Waals surface area contributed by atoms with E-state index in [1.165, 1.54) is 77.0 Å². The van der Waals surface area contributed by atoms with E-state index in [0.29, 0.717) is 6.42 Å². The fourth-order valence-electron chi connectivity index (χ4n) is 3.52. The van der Waals surface area contributed by atoms with Gasteiger partial charge < -0.3 is 10.2 Å². The molecule has 0 aromatic rings. The van der Waals surface area contributed by atoms with E-state index >= 15 is 0 Å². The van der Waals surface area contributed by atoms with Gasteiger partial charge in [-0.25, -0.2) is 0 Å². The second kappa shape index (κ2) is 20.4. The first-order valence-corrected chi connectivity index (χ1v) is 11.7. The van der Waals surface area contributed by atoms with Crippen LogP contribution in [0.5, 0.6) is 0 Å². The van der Waals surface area contributed by atoms with Gasteiger partial charge in [0.05, 0.1) is 12.3 Å². The Labute approximate surface area is 172 Å². The lowest BCUT2D eigenvalue weighted by atomic mass is 9.97. The second-order valence-electron chi connectivity index (χ2n) is 8.07. The summed E-state index contributed by atoms with van der Waals surface area (Å²) in [5.74, 6) is -2.74. The molecule has 1 unspecified atom stereocenters. The van der Waals surface area contributed by atoms with Gasteiger partial charge in [-0.2, -0.15) is 0 Å². The summed E-state index contributed by atoms with van der Waals surface area (Å²) in [6.45, 7) is 2.26. The molecule has 0 bridgehead atoms. The van der Waals surface area contributed by atoms with E-state index in [4.69, 9.17) is 10.2 Å². The number of carboxylic acids is 2. The molecule has 0 spiro atoms. The number of aliphatic carboxylic acids is 2. The van der Waals surface area contributed by atoms with Crippen LogP contribution in [-0.2, 0) is 9.59 Å². The molecule has 0 fully saturated rings. The summed E-state index contributed by atoms with van der Waals surface area (Å²) in [6.07, 6.45) is 24.8. The average molecular weight is 397 g/mol. The average Bonchev–Trinajstić information content (AvgIpc) is 2.65. The van der Waals surface area contributed by atoms with E-state index in [1.807, 2.05) is 0 Å². The van der Waals surface area contributed by atoms with Gasteiger partial charge in [0.15, 0.2) is 0 Å². The van der Waals surface area contributed by atoms with E-state index < -0.39 is 17.9 Å². The summed E-state index contributed by atoms with van der Waals surface area (Å²) in [5.41, 5.74) is 0. The SMILES string of the molecule is CCCCCCCCCC/C=C/CCCCCCCCC(CC(=O)O)C(=O)O. The Kier molecular flexibility index (Phi) is 19.5. The van der Waals surface area contributed by atoms with Crippen LogP contribution in [0.25, 0.3) is 0 Å². The quantitative estimate of drug-likeness (QED) is 0.157. The van der Waals surface area contributed by atoms with E-state index in [2.05, 4.69) is 19.1 Å². The number of unbranched alkanes of at least 4 members (excludes halogenated alkanes) is 14. The van der Waals surface area contributed by atoms with Gasteiger partial charge in [0.2, 0.25) is 0 Å². The van der Waals surface area contributed by atoms with Gasteiger partial charge in [-0.1, -0.05) is 96.1 Å². The molecular weight excluding hydrogens is 352 g/mol. The molecule has 0 saturated carbocycles. The summed E-state index contributed by atoms with van der Waals surface area (Å²) in [4.78, 5) is 21.6. The maximum atomic E-state index is 11.0. The Morgan fingerprint density at radius 1 is 0.679 bits per heavy atom. The van der Waals surface area contributed by atoms with Crippen LogP contribution in [0, 0.1) is 5.92 Å². The van der Waals surface area contributed by atoms with Crippen molar-refractivity contribution in [1.29, 1.82) is 0 Å². The number of hydrogen-bond acceptors (Lipinski definition) is 2. The predicted molar refractivity (Wildman–Crippen MR) is 117 cm³/mol. The molecule has 4 nitrogen and oxygen atoms in total. The maximum Gasteiger partial charge on any atom is 0.307 e. The van der Waals surface area contributed by atoms with Gasteiger partial charge in [-0.15, -0.1) is 0 Å². The molecule has 0 saturated heterocycles. The summed E-state index contributed by atoms with van der Waals surface area (Å²) in [6, 6.07) is 0. The summed E-state index contributed by atoms with van der Waals surface area (Å²) in [7, 11) is 0. The zero-order chi connectivity index (χ0) is 20.9. The Bertz CT molecular complexity index is 403. The van der Waals surface area contributed by atoms with Crippen molar-refractivity contribution in [3.8, 4) is 0 Å². The number of allylic oxidation sites excluding steroid dienone is 2. The van der Waals surface area contributed by atoms with Crippen LogP contribution in [0.4, 0.5) is 0 Å². The molecule has 4 heteroatoms. The molecule has 2 N–H and O–H groups in total. The van der Waals surface area contributed by atoms with Gasteiger partial charge in [0.25, 0.3) is 0 Å². The Hall–Kier alpha value is -1.32. The highest BCUT2D eigenvalue weighted by molar-refractivity contribution is 5.77. The fraction of sp³-hybridized carbons (Fsp3) is 0.833. The van der Waals surface area contributed by atoms with Crippen LogP contribution in [0.2, 0.25) is 0 Å². The monoisotopic (exact) mass is 396 g/mol. The third-order valence-electron chi connectivity index (χ3n) is 5.33. The van der Waals surface area contributed by atoms with Crippen LogP contribution in [-0.4, -0.2) is 22.2 Å². The minimum atomic E-state index is -1.03. The minimum absolute atomic E-state index is 0.263. The van der Waals surface area contributed by atoms with Crippen molar-refractivity contribution in [2.45, 2.75) is 122 Å². The lowest BCUT2D eigenvalue weighted by Gasteiger charge is -2.09. The number of carbonyl (C=O) groups is 2. The highest BCUT2D eigenvalue weighted by Gasteiger charge is 2.20. The molecule has 1 atom stereocenters. The molecule has 0 rings (SSSR count). The fourth-order valence-corrected chi connectivity index (χ4v) is 3.52. The number of rotatable bonds is 21. The van der Waals surface area contributed by atoms with Gasteiger partial charge in [0, 0.05) is 0 Å². The number of hydrogen-bond donors (Lipinski definition) is 2. The Morgan fingerprint density at radius 3 is 1.54 bits per heavy atom. The van der Waals surface area contributed by atoms with Crippen LogP contribution < -0.4 is 0 Å². The predicted octanol–water partition coefficient (Wildman–Crippen LogP) is 7.37. The van der Waals surface area contributed by atoms with Gasteiger partial charge in [0.1, 0.15) is 0 Å². The third-order valence-corrected chi connectivity index (χ3v) is 5.33. The van der Waals surface area contributed by atoms with Crippen LogP contribution in [0.1, 0.15) is 122 Å². The maximum absolute atomic E-state index is 11.0. The Balaban J connectivity index is 3.33. The molecule has 0 aliphatic heterocycles. The van der Waals surface area contributed by atoms with E-state index in [-0.39, 0.29) is 6.42 Å². The second-order valence-corrected chi connectivity index (χ2v) is 8.07. The van der Waals surface area contributed by atoms with Crippen molar-refractivity contribution >= 4 is 11.9 Å². The number of carboxylic acid groups (broad SMARTS) is 2. The Morgan fingerprint density at radius 2 is 1.11 bits per heavy atom. The van der Waals surface area contributed by atoms with Gasteiger partial charge in [-0.05, 0) is 32.1 Å². The van der Waals surface area contributed by atoms with Crippen LogP contribution >= 0.6 is 0 Å². The summed E-state index contributed by atoms with van der Waals surface area (Å²) >= 11 is 0. The first-order chi connectivity index (χ1) is 13.6. The van der Waals surface area contributed by atoms with Crippen molar-refractivity contribution < 1.29 is 19.8 Å². The van der Waals surface area contributed by atoms with E-state index in [1.54, 1.807) is 0 Å². The van der Waals surface area contributed by atoms with Crippen molar-refractivity contribution in [3.63, 3.8) is 0 Å². The first kappa shape index (κ1) is 26.7. The smallest absolute Gasteiger partial charge is 0.307 e. The molecule has 0 radical (unpaired) electrons. The zero-order valence-electron chi connectivity index (χ0n) is 18.2. The molecule has 0 aromatic heterocycles. The molecule has 0 amide bonds. The van der Waals surface area contributed by atoms with Crippen molar-refractivity contribution in [3.05, 3.63) is 12.2 Å². The standard InChI is InChI=1S/C24H44O4/c1-2-3-4-5-6-7-8-9-10-11-12-13-14-15-16-17-18-19-20-22(24(27)28)21-23(25)26/h11-12,22H,2-10,13-21H2,1H3,(H,25,26)(H,27,28)/b12-11+. The first-order valence-electron chi connectivity index (χ1n) is 11.7. The van der Waals surface area contributed by atoms with Crippen LogP contribution in [0.3, 0.4) is 0 Å². The van der Waals surface area contributed by atoms with Gasteiger partial charge in [-0.3, -0.25) is 9.59 Å². The molecule has 0 heterocycles. The van der Waals surface area contributed by atoms with E-state index in [9.17, 15) is 9.59 Å². The van der Waals surface area contributed by atoms with Crippen molar-refractivity contribution in [2.75, 3.05) is 0 Å². The minimum Gasteiger partial charge on any atom is -0.481 e. The summed E-state index contributed by atoms with van der Waals surface area (Å²) < 4.78 is 0. The highest BCUT2D eigenvalue weighted by Crippen LogP contribution is 2.16. The summed E-state index contributed by atoms with van der Waals surface area (Å²) in [5, 5.41) is 17.7. The lowest BCUT2D eigenvalue weighted by Crippen LogP contribution is -2.17. The third kappa shape index (κ3) is 19.4. The normalized spacial score (nSPS) is 12.5. The largest absolute Gasteiger partial charge is 0.481 e. The molecule has 0 aromatic carbocycles. The highest BCUT2D eigenvalue weighted by atomic mass is 16.4. The van der Waals surface area contributed by atoms with Crippen molar-refractivity contribution in [2.24, 2.45) is 5.92 Å². The molecular formula is C24H44O4. The zero-order valence-corrected chi connectivity index (χ0v) is 18.2. The van der Waals surface area contributed by atoms with Crippen molar-refractivity contribution in [1.82, 2.24) is 0 Å². The molecule has 28 heavy (non-hydrogen) atoms. The molecule has 164 valence electrons. The lowest BCUT2D eigenvalue weighted by molar-refractivity contribution is -0.148. The van der Waals surface area contributed by atoms with Gasteiger partial charge >= 0.3 is 11.9 Å². The molecule has 0 aliphatic carbocycles. The molecule has 0 aliphatic rings. The van der Waals surface area contributed by atoms with Crippen LogP contribution in [0.15, 0.2) is 12.2 Å².